The highest BCUT2D eigenvalue weighted by Gasteiger charge is 2.23. The Morgan fingerprint density at radius 1 is 1.07 bits per heavy atom. The molecule has 0 spiro atoms. The van der Waals surface area contributed by atoms with E-state index in [-0.39, 0.29) is 12.5 Å². The zero-order valence-corrected chi connectivity index (χ0v) is 16.1. The Kier molecular flexibility index (Phi) is 6.16. The van der Waals surface area contributed by atoms with Crippen molar-refractivity contribution in [3.63, 3.8) is 0 Å². The number of amides is 1. The summed E-state index contributed by atoms with van der Waals surface area (Å²) in [5.74, 6) is 2.41. The molecule has 1 heterocycles. The van der Waals surface area contributed by atoms with Gasteiger partial charge in [-0.05, 0) is 30.3 Å². The van der Waals surface area contributed by atoms with Crippen LogP contribution in [0.5, 0.6) is 17.2 Å². The first kappa shape index (κ1) is 19.3. The van der Waals surface area contributed by atoms with Gasteiger partial charge in [-0.2, -0.15) is 0 Å². The summed E-state index contributed by atoms with van der Waals surface area (Å²) >= 11 is 0. The molecular formula is C21H23N3O4. The number of aromatic nitrogens is 2. The van der Waals surface area contributed by atoms with Crippen LogP contribution in [-0.2, 0) is 11.8 Å². The van der Waals surface area contributed by atoms with Crippen molar-refractivity contribution in [2.45, 2.75) is 6.04 Å². The van der Waals surface area contributed by atoms with E-state index in [1.54, 1.807) is 44.7 Å². The number of rotatable bonds is 8. The number of nitrogens with one attached hydrogen (secondary N) is 1. The molecule has 0 saturated heterocycles. The van der Waals surface area contributed by atoms with Crippen LogP contribution in [0.15, 0.2) is 60.9 Å². The molecule has 3 aromatic rings. The maximum absolute atomic E-state index is 12.6. The van der Waals surface area contributed by atoms with E-state index in [4.69, 9.17) is 14.2 Å². The average Bonchev–Trinajstić information content (AvgIpc) is 3.16. The van der Waals surface area contributed by atoms with Gasteiger partial charge in [0.05, 0.1) is 14.2 Å². The first-order valence-electron chi connectivity index (χ1n) is 8.78. The van der Waals surface area contributed by atoms with Crippen LogP contribution in [0, 0.1) is 0 Å². The summed E-state index contributed by atoms with van der Waals surface area (Å²) in [6.07, 6.45) is 3.52. The third kappa shape index (κ3) is 4.43. The Hall–Kier alpha value is -3.48. The Morgan fingerprint density at radius 3 is 2.43 bits per heavy atom. The number of hydrogen-bond donors (Lipinski definition) is 1. The molecule has 1 unspecified atom stereocenters. The van der Waals surface area contributed by atoms with Crippen molar-refractivity contribution in [2.24, 2.45) is 7.05 Å². The summed E-state index contributed by atoms with van der Waals surface area (Å²) in [5, 5.41) is 2.99. The maximum atomic E-state index is 12.6. The smallest absolute Gasteiger partial charge is 0.258 e. The summed E-state index contributed by atoms with van der Waals surface area (Å²) in [4.78, 5) is 17.0. The topological polar surface area (TPSA) is 74.6 Å². The zero-order valence-electron chi connectivity index (χ0n) is 16.1. The quantitative estimate of drug-likeness (QED) is 0.649. The van der Waals surface area contributed by atoms with E-state index in [2.05, 4.69) is 10.3 Å². The Balaban J connectivity index is 1.75. The molecule has 0 bridgehead atoms. The number of nitrogens with zero attached hydrogens (tertiary/aromatic N) is 2. The van der Waals surface area contributed by atoms with Crippen molar-refractivity contribution >= 4 is 5.91 Å². The lowest BCUT2D eigenvalue weighted by molar-refractivity contribution is -0.123. The molecule has 0 aliphatic rings. The molecule has 7 heteroatoms. The Labute approximate surface area is 163 Å². The van der Waals surface area contributed by atoms with Crippen LogP contribution in [0.3, 0.4) is 0 Å². The second-order valence-corrected chi connectivity index (χ2v) is 6.10. The predicted octanol–water partition coefficient (Wildman–Crippen LogP) is 2.72. The van der Waals surface area contributed by atoms with Crippen LogP contribution in [-0.4, -0.2) is 36.3 Å². The van der Waals surface area contributed by atoms with Crippen molar-refractivity contribution in [2.75, 3.05) is 20.8 Å². The third-order valence-electron chi connectivity index (χ3n) is 4.30. The van der Waals surface area contributed by atoms with Crippen LogP contribution >= 0.6 is 0 Å². The second-order valence-electron chi connectivity index (χ2n) is 6.10. The van der Waals surface area contributed by atoms with Gasteiger partial charge < -0.3 is 24.1 Å². The SMILES string of the molecule is COc1ccc(OCC(=O)NC(c2ccccc2OC)c2nccn2C)cc1. The molecule has 1 amide bonds. The number of imidazole rings is 1. The first-order valence-corrected chi connectivity index (χ1v) is 8.78. The van der Waals surface area contributed by atoms with E-state index in [0.29, 0.717) is 17.3 Å². The van der Waals surface area contributed by atoms with E-state index in [9.17, 15) is 4.79 Å². The number of carbonyl (C=O) groups is 1. The second kappa shape index (κ2) is 8.94. The third-order valence-corrected chi connectivity index (χ3v) is 4.30. The fourth-order valence-corrected chi connectivity index (χ4v) is 2.87. The zero-order chi connectivity index (χ0) is 19.9. The van der Waals surface area contributed by atoms with Gasteiger partial charge in [-0.3, -0.25) is 4.79 Å². The number of ether oxygens (including phenoxy) is 3. The molecule has 0 aliphatic heterocycles. The van der Waals surface area contributed by atoms with Gasteiger partial charge in [0.25, 0.3) is 5.91 Å². The highest BCUT2D eigenvalue weighted by molar-refractivity contribution is 5.78. The summed E-state index contributed by atoms with van der Waals surface area (Å²) in [5.41, 5.74) is 0.817. The monoisotopic (exact) mass is 381 g/mol. The van der Waals surface area contributed by atoms with E-state index < -0.39 is 6.04 Å². The molecule has 0 aliphatic carbocycles. The van der Waals surface area contributed by atoms with Gasteiger partial charge in [-0.15, -0.1) is 0 Å². The molecule has 28 heavy (non-hydrogen) atoms. The molecule has 3 rings (SSSR count). The molecule has 1 N–H and O–H groups in total. The molecule has 1 aromatic heterocycles. The van der Waals surface area contributed by atoms with Crippen LogP contribution in [0.1, 0.15) is 17.4 Å². The van der Waals surface area contributed by atoms with Gasteiger partial charge in [-0.1, -0.05) is 18.2 Å². The van der Waals surface area contributed by atoms with Crippen molar-refractivity contribution < 1.29 is 19.0 Å². The molecular weight excluding hydrogens is 358 g/mol. The molecule has 1 atom stereocenters. The minimum atomic E-state index is -0.469. The minimum absolute atomic E-state index is 0.123. The number of methoxy groups -OCH3 is 2. The van der Waals surface area contributed by atoms with Gasteiger partial charge in [0.15, 0.2) is 6.61 Å². The summed E-state index contributed by atoms with van der Waals surface area (Å²) in [6, 6.07) is 14.1. The lowest BCUT2D eigenvalue weighted by Crippen LogP contribution is -2.34. The van der Waals surface area contributed by atoms with Crippen LogP contribution in [0.4, 0.5) is 0 Å². The van der Waals surface area contributed by atoms with E-state index >= 15 is 0 Å². The summed E-state index contributed by atoms with van der Waals surface area (Å²) in [7, 11) is 5.08. The fourth-order valence-electron chi connectivity index (χ4n) is 2.87. The molecule has 146 valence electrons. The number of benzene rings is 2. The van der Waals surface area contributed by atoms with Crippen molar-refractivity contribution in [3.8, 4) is 17.2 Å². The van der Waals surface area contributed by atoms with Gasteiger partial charge in [0.2, 0.25) is 0 Å². The van der Waals surface area contributed by atoms with Crippen molar-refractivity contribution in [1.29, 1.82) is 0 Å². The van der Waals surface area contributed by atoms with Gasteiger partial charge in [0.1, 0.15) is 29.1 Å². The largest absolute Gasteiger partial charge is 0.497 e. The number of hydrogen-bond acceptors (Lipinski definition) is 5. The highest BCUT2D eigenvalue weighted by atomic mass is 16.5. The van der Waals surface area contributed by atoms with E-state index in [0.717, 1.165) is 11.3 Å². The lowest BCUT2D eigenvalue weighted by Gasteiger charge is -2.21. The predicted molar refractivity (Wildman–Crippen MR) is 105 cm³/mol. The molecule has 7 nitrogen and oxygen atoms in total. The van der Waals surface area contributed by atoms with Crippen molar-refractivity contribution in [3.05, 3.63) is 72.3 Å². The molecule has 0 saturated carbocycles. The lowest BCUT2D eigenvalue weighted by atomic mass is 10.0. The highest BCUT2D eigenvalue weighted by Crippen LogP contribution is 2.29. The van der Waals surface area contributed by atoms with Gasteiger partial charge >= 0.3 is 0 Å². The van der Waals surface area contributed by atoms with E-state index in [1.807, 2.05) is 42.1 Å². The van der Waals surface area contributed by atoms with Gasteiger partial charge in [-0.25, -0.2) is 4.98 Å². The Bertz CT molecular complexity index is 921. The molecule has 0 radical (unpaired) electrons. The first-order chi connectivity index (χ1) is 13.6. The standard InChI is InChI=1S/C21H23N3O4/c1-24-13-12-22-21(24)20(17-6-4-5-7-18(17)27-3)23-19(25)14-28-16-10-8-15(26-2)9-11-16/h4-13,20H,14H2,1-3H3,(H,23,25). The molecule has 0 fully saturated rings. The number of carbonyl (C=O) groups excluding carboxylic acids is 1. The average molecular weight is 381 g/mol. The number of para-hydroxylation sites is 1. The van der Waals surface area contributed by atoms with Gasteiger partial charge in [0, 0.05) is 25.0 Å². The molecule has 2 aromatic carbocycles. The van der Waals surface area contributed by atoms with Crippen LogP contribution < -0.4 is 19.5 Å². The summed E-state index contributed by atoms with van der Waals surface area (Å²) < 4.78 is 18.0. The minimum Gasteiger partial charge on any atom is -0.497 e. The van der Waals surface area contributed by atoms with Crippen LogP contribution in [0.2, 0.25) is 0 Å². The normalized spacial score (nSPS) is 11.5. The summed E-state index contributed by atoms with van der Waals surface area (Å²) in [6.45, 7) is -0.123. The maximum Gasteiger partial charge on any atom is 0.258 e. The fraction of sp³-hybridized carbons (Fsp3) is 0.238. The van der Waals surface area contributed by atoms with Crippen molar-refractivity contribution in [1.82, 2.24) is 14.9 Å². The van der Waals surface area contributed by atoms with E-state index in [1.165, 1.54) is 0 Å². The Morgan fingerprint density at radius 2 is 1.79 bits per heavy atom. The van der Waals surface area contributed by atoms with Crippen LogP contribution in [0.25, 0.3) is 0 Å². The number of aryl methyl sites for hydroxylation is 1.